The summed E-state index contributed by atoms with van der Waals surface area (Å²) >= 11 is 0. The second-order valence-corrected chi connectivity index (χ2v) is 11.7. The van der Waals surface area contributed by atoms with Crippen molar-refractivity contribution in [1.29, 1.82) is 5.41 Å². The van der Waals surface area contributed by atoms with Crippen LogP contribution in [0.25, 0.3) is 0 Å². The average Bonchev–Trinajstić information content (AvgIpc) is 2.95. The van der Waals surface area contributed by atoms with Crippen LogP contribution in [-0.4, -0.2) is 85.0 Å². The van der Waals surface area contributed by atoms with Gasteiger partial charge in [-0.2, -0.15) is 0 Å². The zero-order valence-electron chi connectivity index (χ0n) is 25.5. The van der Waals surface area contributed by atoms with Crippen LogP contribution in [0.2, 0.25) is 0 Å². The largest absolute Gasteiger partial charge is 0.367 e. The summed E-state index contributed by atoms with van der Waals surface area (Å²) in [6, 6.07) is 1.90. The van der Waals surface area contributed by atoms with Gasteiger partial charge in [-0.15, -0.1) is 0 Å². The smallest absolute Gasteiger partial charge is 0.252 e. The minimum atomic E-state index is -0.271. The van der Waals surface area contributed by atoms with E-state index < -0.39 is 0 Å². The molecule has 0 aliphatic carbocycles. The van der Waals surface area contributed by atoms with Gasteiger partial charge in [0, 0.05) is 60.7 Å². The Balaban J connectivity index is 1.78. The molecule has 2 aliphatic rings. The molecule has 4 N–H and O–H groups in total. The van der Waals surface area contributed by atoms with Crippen molar-refractivity contribution in [3.8, 4) is 0 Å². The molecule has 3 amide bonds. The highest BCUT2D eigenvalue weighted by molar-refractivity contribution is 6.04. The first-order valence-corrected chi connectivity index (χ1v) is 14.7. The first-order valence-electron chi connectivity index (χ1n) is 14.7. The SMILES string of the molecule is C/C(=C/C(C)=C(\C)CNC(=O)c1cc(C2CCN(C(=O)C3CCN(C)CC3)CC2)nc(NC(C)C)c1C=N)NC=O. The number of nitrogens with zero attached hydrogens (tertiary/aromatic N) is 3. The van der Waals surface area contributed by atoms with Crippen molar-refractivity contribution in [3.05, 3.63) is 45.8 Å². The molecule has 10 heteroatoms. The minimum Gasteiger partial charge on any atom is -0.367 e. The maximum absolute atomic E-state index is 13.5. The molecule has 1 aromatic rings. The highest BCUT2D eigenvalue weighted by Crippen LogP contribution is 2.32. The molecule has 224 valence electrons. The molecule has 3 rings (SSSR count). The molecule has 0 saturated carbocycles. The Kier molecular flexibility index (Phi) is 11.6. The van der Waals surface area contributed by atoms with Crippen molar-refractivity contribution in [3.63, 3.8) is 0 Å². The monoisotopic (exact) mass is 565 g/mol. The first kappa shape index (κ1) is 32.0. The van der Waals surface area contributed by atoms with Crippen LogP contribution in [0.5, 0.6) is 0 Å². The summed E-state index contributed by atoms with van der Waals surface area (Å²) in [5.41, 5.74) is 4.31. The number of carbonyl (C=O) groups is 3. The van der Waals surface area contributed by atoms with Gasteiger partial charge < -0.3 is 31.2 Å². The highest BCUT2D eigenvalue weighted by Gasteiger charge is 2.31. The number of pyridine rings is 1. The molecule has 1 aromatic heterocycles. The summed E-state index contributed by atoms with van der Waals surface area (Å²) in [7, 11) is 2.10. The lowest BCUT2D eigenvalue weighted by molar-refractivity contribution is -0.138. The van der Waals surface area contributed by atoms with Crippen molar-refractivity contribution in [2.75, 3.05) is 45.1 Å². The predicted octanol–water partition coefficient (Wildman–Crippen LogP) is 3.66. The summed E-state index contributed by atoms with van der Waals surface area (Å²) in [5.74, 6) is 0.776. The summed E-state index contributed by atoms with van der Waals surface area (Å²) in [6.07, 6.45) is 7.10. The quantitative estimate of drug-likeness (QED) is 0.184. The van der Waals surface area contributed by atoms with Crippen molar-refractivity contribution in [2.45, 2.75) is 72.3 Å². The third-order valence-electron chi connectivity index (χ3n) is 8.09. The number of amides is 3. The highest BCUT2D eigenvalue weighted by atomic mass is 16.2. The fourth-order valence-corrected chi connectivity index (χ4v) is 5.44. The van der Waals surface area contributed by atoms with Crippen LogP contribution in [0.1, 0.15) is 87.8 Å². The van der Waals surface area contributed by atoms with Gasteiger partial charge >= 0.3 is 0 Å². The van der Waals surface area contributed by atoms with Gasteiger partial charge in [0.25, 0.3) is 5.91 Å². The fraction of sp³-hybridized carbons (Fsp3) is 0.581. The summed E-state index contributed by atoms with van der Waals surface area (Å²) in [5, 5.41) is 17.0. The van der Waals surface area contributed by atoms with Crippen LogP contribution >= 0.6 is 0 Å². The second-order valence-electron chi connectivity index (χ2n) is 11.7. The van der Waals surface area contributed by atoms with Gasteiger partial charge in [0.05, 0.1) is 5.56 Å². The second kappa shape index (κ2) is 14.9. The third kappa shape index (κ3) is 8.73. The Labute approximate surface area is 244 Å². The topological polar surface area (TPSA) is 131 Å². The molecule has 0 atom stereocenters. The number of hydrogen-bond acceptors (Lipinski definition) is 7. The van der Waals surface area contributed by atoms with Crippen molar-refractivity contribution in [2.24, 2.45) is 5.92 Å². The maximum Gasteiger partial charge on any atom is 0.252 e. The van der Waals surface area contributed by atoms with Gasteiger partial charge in [0.1, 0.15) is 5.82 Å². The maximum atomic E-state index is 13.5. The minimum absolute atomic E-state index is 0.0733. The third-order valence-corrected chi connectivity index (χ3v) is 8.09. The Morgan fingerprint density at radius 3 is 2.34 bits per heavy atom. The average molecular weight is 566 g/mol. The van der Waals surface area contributed by atoms with E-state index in [1.165, 1.54) is 6.21 Å². The lowest BCUT2D eigenvalue weighted by atomic mass is 9.89. The lowest BCUT2D eigenvalue weighted by Crippen LogP contribution is -2.44. The number of anilines is 1. The van der Waals surface area contributed by atoms with E-state index in [1.807, 2.05) is 44.7 Å². The number of allylic oxidation sites excluding steroid dienone is 3. The molecule has 0 unspecified atom stereocenters. The van der Waals surface area contributed by atoms with Gasteiger partial charge in [-0.25, -0.2) is 4.98 Å². The van der Waals surface area contributed by atoms with E-state index in [1.54, 1.807) is 6.92 Å². The standard InChI is InChI=1S/C31H47N7O3/c1-20(2)35-29-27(17-32)26(30(40)33-18-22(4)21(3)15-23(5)34-19-39)16-28(36-29)24-9-13-38(14-10-24)31(41)25-7-11-37(6)12-8-25/h15-17,19-20,24-25,32H,7-14,18H2,1-6H3,(H,33,40)(H,34,39)(H,35,36)/b22-21+,23-15-,32-17?. The fourth-order valence-electron chi connectivity index (χ4n) is 5.44. The molecule has 10 nitrogen and oxygen atoms in total. The van der Waals surface area contributed by atoms with Crippen molar-refractivity contribution in [1.82, 2.24) is 25.4 Å². The van der Waals surface area contributed by atoms with Crippen molar-refractivity contribution < 1.29 is 14.4 Å². The number of nitrogens with one attached hydrogen (secondary N) is 4. The number of aromatic nitrogens is 1. The Hall–Kier alpha value is -3.53. The van der Waals surface area contributed by atoms with Crippen LogP contribution in [0.3, 0.4) is 0 Å². The molecular formula is C31H47N7O3. The molecule has 0 radical (unpaired) electrons. The van der Waals surface area contributed by atoms with Gasteiger partial charge in [-0.05, 0) is 98.2 Å². The first-order chi connectivity index (χ1) is 19.5. The zero-order valence-corrected chi connectivity index (χ0v) is 25.5. The van der Waals surface area contributed by atoms with E-state index in [2.05, 4.69) is 27.9 Å². The van der Waals surface area contributed by atoms with E-state index in [-0.39, 0.29) is 29.7 Å². The summed E-state index contributed by atoms with van der Waals surface area (Å²) in [6.45, 7) is 13.3. The van der Waals surface area contributed by atoms with Gasteiger partial charge in [-0.1, -0.05) is 5.57 Å². The molecule has 41 heavy (non-hydrogen) atoms. The van der Waals surface area contributed by atoms with Crippen LogP contribution in [0, 0.1) is 11.3 Å². The normalized spacial score (nSPS) is 18.1. The molecule has 0 spiro atoms. The molecule has 0 aromatic carbocycles. The van der Waals surface area contributed by atoms with E-state index in [0.29, 0.717) is 43.0 Å². The van der Waals surface area contributed by atoms with Gasteiger partial charge in [0.2, 0.25) is 12.3 Å². The van der Waals surface area contributed by atoms with Crippen LogP contribution < -0.4 is 16.0 Å². The summed E-state index contributed by atoms with van der Waals surface area (Å²) < 4.78 is 0. The molecule has 2 aliphatic heterocycles. The van der Waals surface area contributed by atoms with Crippen molar-refractivity contribution >= 4 is 30.3 Å². The molecular weight excluding hydrogens is 518 g/mol. The van der Waals surface area contributed by atoms with Crippen LogP contribution in [0.15, 0.2) is 29.0 Å². The van der Waals surface area contributed by atoms with E-state index >= 15 is 0 Å². The molecule has 3 heterocycles. The molecule has 0 bridgehead atoms. The van der Waals surface area contributed by atoms with E-state index in [0.717, 1.165) is 61.3 Å². The number of hydrogen-bond donors (Lipinski definition) is 4. The van der Waals surface area contributed by atoms with E-state index in [9.17, 15) is 14.4 Å². The van der Waals surface area contributed by atoms with Crippen LogP contribution in [0.4, 0.5) is 5.82 Å². The summed E-state index contributed by atoms with van der Waals surface area (Å²) in [4.78, 5) is 46.5. The molecule has 2 saturated heterocycles. The van der Waals surface area contributed by atoms with Crippen LogP contribution in [-0.2, 0) is 9.59 Å². The van der Waals surface area contributed by atoms with Gasteiger partial charge in [-0.3, -0.25) is 14.4 Å². The number of piperidine rings is 2. The number of likely N-dealkylation sites (tertiary alicyclic amines) is 2. The lowest BCUT2D eigenvalue weighted by Gasteiger charge is -2.36. The Morgan fingerprint density at radius 1 is 1.10 bits per heavy atom. The van der Waals surface area contributed by atoms with Gasteiger partial charge in [0.15, 0.2) is 0 Å². The molecule has 2 fully saturated rings. The number of rotatable bonds is 11. The van der Waals surface area contributed by atoms with E-state index in [4.69, 9.17) is 10.4 Å². The predicted molar refractivity (Wildman–Crippen MR) is 163 cm³/mol. The Morgan fingerprint density at radius 2 is 1.76 bits per heavy atom. The Bertz CT molecular complexity index is 1170. The number of carbonyl (C=O) groups excluding carboxylic acids is 3. The zero-order chi connectivity index (χ0) is 30.1.